The molecule has 0 bridgehead atoms. The number of anilines is 1. The van der Waals surface area contributed by atoms with Gasteiger partial charge in [-0.05, 0) is 72.2 Å². The predicted octanol–water partition coefficient (Wildman–Crippen LogP) is 8.56. The van der Waals surface area contributed by atoms with Crippen LogP contribution in [0.5, 0.6) is 0 Å². The van der Waals surface area contributed by atoms with Crippen LogP contribution in [0, 0.1) is 17.7 Å². The number of nitrogens with zero attached hydrogens (tertiary/aromatic N) is 1. The van der Waals surface area contributed by atoms with Gasteiger partial charge in [0.05, 0.1) is 11.5 Å². The van der Waals surface area contributed by atoms with Crippen LogP contribution in [0.25, 0.3) is 5.76 Å². The zero-order valence-electron chi connectivity index (χ0n) is 20.2. The second kappa shape index (κ2) is 9.22. The number of carbonyl (C=O) groups excluding carboxylic acids is 1. The molecule has 2 N–H and O–H groups in total. The number of ketones is 1. The minimum atomic E-state index is -0.538. The lowest BCUT2D eigenvalue weighted by Crippen LogP contribution is -2.45. The Morgan fingerprint density at radius 3 is 2.47 bits per heavy atom. The van der Waals surface area contributed by atoms with E-state index < -0.39 is 5.92 Å². The van der Waals surface area contributed by atoms with Crippen LogP contribution in [0.15, 0.2) is 76.8 Å². The van der Waals surface area contributed by atoms with Gasteiger partial charge in [0.1, 0.15) is 11.6 Å². The van der Waals surface area contributed by atoms with E-state index >= 15 is 0 Å². The number of amidine groups is 1. The summed E-state index contributed by atoms with van der Waals surface area (Å²) in [6, 6.07) is 16.4. The molecule has 1 atom stereocenters. The topological polar surface area (TPSA) is 64.4 Å². The summed E-state index contributed by atoms with van der Waals surface area (Å²) in [6.07, 6.45) is 1.03. The molecular formula is C29H26Cl2N2O2S. The Morgan fingerprint density at radius 1 is 1.11 bits per heavy atom. The Bertz CT molecular complexity index is 1440. The van der Waals surface area contributed by atoms with Gasteiger partial charge in [-0.3, -0.25) is 15.1 Å². The van der Waals surface area contributed by atoms with Crippen LogP contribution in [-0.4, -0.2) is 16.7 Å². The lowest BCUT2D eigenvalue weighted by Gasteiger charge is -2.45. The average molecular weight is 538 g/mol. The number of aliphatic hydroxyl groups excluding tert-OH is 1. The number of hydrogen-bond donors (Lipinski definition) is 2. The van der Waals surface area contributed by atoms with E-state index in [0.717, 1.165) is 16.1 Å². The van der Waals surface area contributed by atoms with Crippen LogP contribution in [0.3, 0.4) is 0 Å². The molecule has 0 radical (unpaired) electrons. The second-order valence-electron chi connectivity index (χ2n) is 10.1. The van der Waals surface area contributed by atoms with E-state index in [0.29, 0.717) is 45.3 Å². The Morgan fingerprint density at radius 2 is 1.83 bits per heavy atom. The Labute approximate surface area is 225 Å². The molecule has 1 aliphatic carbocycles. The molecule has 4 nitrogen and oxygen atoms in total. The van der Waals surface area contributed by atoms with E-state index in [-0.39, 0.29) is 22.8 Å². The third-order valence-corrected chi connectivity index (χ3v) is 8.43. The van der Waals surface area contributed by atoms with Crippen molar-refractivity contribution >= 4 is 57.6 Å². The SMILES string of the molecule is Cc1ccc(N2C(=N)/C(=C(/O)c3ccc(Cl)cc3)C(c3cccs3)C3=C2CC(C)(C)CC3=O)cc1Cl. The number of allylic oxidation sites excluding steroid dienone is 2. The van der Waals surface area contributed by atoms with Gasteiger partial charge < -0.3 is 5.11 Å². The summed E-state index contributed by atoms with van der Waals surface area (Å²) in [4.78, 5) is 16.5. The fourth-order valence-electron chi connectivity index (χ4n) is 5.12. The largest absolute Gasteiger partial charge is 0.507 e. The maximum Gasteiger partial charge on any atom is 0.162 e. The maximum atomic E-state index is 13.8. The van der Waals surface area contributed by atoms with Crippen LogP contribution in [0.1, 0.15) is 48.6 Å². The number of thiophene rings is 1. The second-order valence-corrected chi connectivity index (χ2v) is 12.0. The van der Waals surface area contributed by atoms with E-state index in [4.69, 9.17) is 23.2 Å². The monoisotopic (exact) mass is 536 g/mol. The lowest BCUT2D eigenvalue weighted by molar-refractivity contribution is -0.118. The van der Waals surface area contributed by atoms with Crippen molar-refractivity contribution in [3.8, 4) is 0 Å². The predicted molar refractivity (Wildman–Crippen MR) is 150 cm³/mol. The van der Waals surface area contributed by atoms with Gasteiger partial charge >= 0.3 is 0 Å². The number of rotatable bonds is 3. The summed E-state index contributed by atoms with van der Waals surface area (Å²) in [6.45, 7) is 6.08. The van der Waals surface area contributed by atoms with Crippen molar-refractivity contribution in [2.24, 2.45) is 5.41 Å². The smallest absolute Gasteiger partial charge is 0.162 e. The van der Waals surface area contributed by atoms with Crippen LogP contribution in [-0.2, 0) is 4.79 Å². The molecule has 2 aliphatic rings. The van der Waals surface area contributed by atoms with E-state index in [1.54, 1.807) is 29.2 Å². The van der Waals surface area contributed by atoms with Gasteiger partial charge in [0.15, 0.2) is 5.78 Å². The number of hydrogen-bond acceptors (Lipinski definition) is 4. The fraction of sp³-hybridized carbons (Fsp3) is 0.241. The third kappa shape index (κ3) is 4.30. The molecule has 3 aromatic rings. The molecular weight excluding hydrogens is 511 g/mol. The van der Waals surface area contributed by atoms with Crippen molar-refractivity contribution in [3.05, 3.63) is 103 Å². The fourth-order valence-corrected chi connectivity index (χ4v) is 6.27. The molecule has 1 aromatic heterocycles. The average Bonchev–Trinajstić information content (AvgIpc) is 3.34. The zero-order valence-corrected chi connectivity index (χ0v) is 22.6. The first-order valence-corrected chi connectivity index (χ1v) is 13.3. The highest BCUT2D eigenvalue weighted by Gasteiger charge is 2.47. The highest BCUT2D eigenvalue weighted by molar-refractivity contribution is 7.10. The van der Waals surface area contributed by atoms with Crippen LogP contribution in [0.2, 0.25) is 10.0 Å². The van der Waals surface area contributed by atoms with Crippen LogP contribution >= 0.6 is 34.5 Å². The molecule has 2 heterocycles. The van der Waals surface area contributed by atoms with Crippen molar-refractivity contribution in [1.82, 2.24) is 0 Å². The van der Waals surface area contributed by atoms with E-state index in [2.05, 4.69) is 13.8 Å². The molecule has 0 saturated heterocycles. The number of Topliss-reactive ketones (excluding diaryl/α,β-unsaturated/α-hetero) is 1. The molecule has 2 aromatic carbocycles. The third-order valence-electron chi connectivity index (χ3n) is 6.84. The first-order valence-electron chi connectivity index (χ1n) is 11.7. The summed E-state index contributed by atoms with van der Waals surface area (Å²) < 4.78 is 0. The van der Waals surface area contributed by atoms with E-state index in [1.807, 2.05) is 42.6 Å². The molecule has 7 heteroatoms. The molecule has 0 saturated carbocycles. The summed E-state index contributed by atoms with van der Waals surface area (Å²) in [5, 5.41) is 24.2. The summed E-state index contributed by atoms with van der Waals surface area (Å²) in [5.74, 6) is -0.409. The highest BCUT2D eigenvalue weighted by atomic mass is 35.5. The zero-order chi connectivity index (χ0) is 25.8. The number of benzene rings is 2. The molecule has 5 rings (SSSR count). The van der Waals surface area contributed by atoms with Gasteiger partial charge in [-0.25, -0.2) is 0 Å². The van der Waals surface area contributed by atoms with Gasteiger partial charge in [-0.15, -0.1) is 11.3 Å². The minimum absolute atomic E-state index is 0.0387. The quantitative estimate of drug-likeness (QED) is 0.329. The van der Waals surface area contributed by atoms with Gasteiger partial charge in [0.2, 0.25) is 0 Å². The number of aryl methyl sites for hydroxylation is 1. The molecule has 1 unspecified atom stereocenters. The minimum Gasteiger partial charge on any atom is -0.507 e. The Balaban J connectivity index is 1.84. The number of aliphatic hydroxyl groups is 1. The van der Waals surface area contributed by atoms with Crippen molar-refractivity contribution in [3.63, 3.8) is 0 Å². The van der Waals surface area contributed by atoms with E-state index in [9.17, 15) is 15.3 Å². The van der Waals surface area contributed by atoms with Gasteiger partial charge in [-0.2, -0.15) is 0 Å². The molecule has 1 aliphatic heterocycles. The van der Waals surface area contributed by atoms with Crippen molar-refractivity contribution in [2.45, 2.75) is 39.5 Å². The molecule has 36 heavy (non-hydrogen) atoms. The maximum absolute atomic E-state index is 13.8. The Kier molecular flexibility index (Phi) is 6.36. The highest BCUT2D eigenvalue weighted by Crippen LogP contribution is 2.52. The Hall–Kier alpha value is -2.86. The van der Waals surface area contributed by atoms with Gasteiger partial charge in [0, 0.05) is 43.9 Å². The molecule has 184 valence electrons. The lowest BCUT2D eigenvalue weighted by atomic mass is 9.68. The van der Waals surface area contributed by atoms with Gasteiger partial charge in [-0.1, -0.05) is 49.2 Å². The summed E-state index contributed by atoms with van der Waals surface area (Å²) in [7, 11) is 0. The van der Waals surface area contributed by atoms with Crippen molar-refractivity contribution in [1.29, 1.82) is 5.41 Å². The van der Waals surface area contributed by atoms with Crippen LogP contribution in [0.4, 0.5) is 5.69 Å². The summed E-state index contributed by atoms with van der Waals surface area (Å²) in [5.41, 5.74) is 3.72. The van der Waals surface area contributed by atoms with E-state index in [1.165, 1.54) is 11.3 Å². The molecule has 0 amide bonds. The van der Waals surface area contributed by atoms with Crippen LogP contribution < -0.4 is 4.90 Å². The summed E-state index contributed by atoms with van der Waals surface area (Å²) >= 11 is 14.1. The first kappa shape index (κ1) is 24.8. The standard InChI is InChI=1S/C29H26Cl2N2O2S/c1-16-6-11-19(13-20(16)31)33-21-14-29(2,3)15-22(34)24(21)25(23-5-4-12-36-23)26(28(33)32)27(35)17-7-9-18(30)10-8-17/h4-13,25,32,35H,14-15H2,1-3H3/b27-26+,32-28?. The number of nitrogens with one attached hydrogen (secondary N) is 1. The first-order chi connectivity index (χ1) is 17.1. The number of halogens is 2. The normalized spacial score (nSPS) is 21.0. The molecule has 0 fully saturated rings. The van der Waals surface area contributed by atoms with Gasteiger partial charge in [0.25, 0.3) is 0 Å². The molecule has 0 spiro atoms. The van der Waals surface area contributed by atoms with Crippen molar-refractivity contribution in [2.75, 3.05) is 4.90 Å². The number of carbonyl (C=O) groups is 1. The van der Waals surface area contributed by atoms with Crippen molar-refractivity contribution < 1.29 is 9.90 Å².